The number of amides is 1. The highest BCUT2D eigenvalue weighted by molar-refractivity contribution is 7.17. The maximum atomic E-state index is 12.4. The lowest BCUT2D eigenvalue weighted by Crippen LogP contribution is -2.22. The minimum Gasteiger partial charge on any atom is -0.494 e. The Kier molecular flexibility index (Phi) is 5.27. The second-order valence-corrected chi connectivity index (χ2v) is 7.18. The summed E-state index contributed by atoms with van der Waals surface area (Å²) in [5, 5.41) is 5.80. The molecule has 0 aliphatic carbocycles. The summed E-state index contributed by atoms with van der Waals surface area (Å²) in [6.07, 6.45) is 0. The van der Waals surface area contributed by atoms with E-state index >= 15 is 0 Å². The number of rotatable bonds is 6. The van der Waals surface area contributed by atoms with Gasteiger partial charge < -0.3 is 10.1 Å². The van der Waals surface area contributed by atoms with Gasteiger partial charge in [-0.1, -0.05) is 6.07 Å². The van der Waals surface area contributed by atoms with Gasteiger partial charge in [0.1, 0.15) is 15.6 Å². The SMILES string of the molecule is CCOc1ccc(-c2nc(C)c(C(=O)NCc3cccs3)s2)cc1. The number of nitrogens with one attached hydrogen (secondary N) is 1. The zero-order valence-electron chi connectivity index (χ0n) is 13.5. The first kappa shape index (κ1) is 16.7. The molecule has 0 fully saturated rings. The molecule has 0 saturated heterocycles. The van der Waals surface area contributed by atoms with Gasteiger partial charge in [0.25, 0.3) is 5.91 Å². The fourth-order valence-corrected chi connectivity index (χ4v) is 3.88. The summed E-state index contributed by atoms with van der Waals surface area (Å²) in [4.78, 5) is 18.7. The number of thiazole rings is 1. The summed E-state index contributed by atoms with van der Waals surface area (Å²) in [5.41, 5.74) is 1.75. The molecule has 124 valence electrons. The molecule has 0 aliphatic heterocycles. The molecule has 3 aromatic rings. The second kappa shape index (κ2) is 7.59. The molecule has 0 aliphatic rings. The number of ether oxygens (including phenoxy) is 1. The molecule has 0 unspecified atom stereocenters. The minimum atomic E-state index is -0.0735. The molecule has 0 bridgehead atoms. The monoisotopic (exact) mass is 358 g/mol. The van der Waals surface area contributed by atoms with Crippen LogP contribution in [-0.2, 0) is 6.54 Å². The van der Waals surface area contributed by atoms with Crippen molar-refractivity contribution in [2.24, 2.45) is 0 Å². The normalized spacial score (nSPS) is 10.6. The first-order valence-corrected chi connectivity index (χ1v) is 9.38. The fourth-order valence-electron chi connectivity index (χ4n) is 2.25. The predicted molar refractivity (Wildman–Crippen MR) is 98.9 cm³/mol. The van der Waals surface area contributed by atoms with Crippen LogP contribution in [-0.4, -0.2) is 17.5 Å². The average Bonchev–Trinajstić information content (AvgIpc) is 3.23. The smallest absolute Gasteiger partial charge is 0.263 e. The van der Waals surface area contributed by atoms with Crippen molar-refractivity contribution in [3.05, 3.63) is 57.2 Å². The van der Waals surface area contributed by atoms with E-state index in [9.17, 15) is 4.79 Å². The maximum Gasteiger partial charge on any atom is 0.263 e. The molecule has 24 heavy (non-hydrogen) atoms. The fraction of sp³-hybridized carbons (Fsp3) is 0.222. The Morgan fingerprint density at radius 1 is 1.25 bits per heavy atom. The van der Waals surface area contributed by atoms with Crippen LogP contribution >= 0.6 is 22.7 Å². The van der Waals surface area contributed by atoms with E-state index in [1.807, 2.05) is 55.6 Å². The van der Waals surface area contributed by atoms with E-state index < -0.39 is 0 Å². The van der Waals surface area contributed by atoms with Gasteiger partial charge in [0.05, 0.1) is 18.8 Å². The first-order valence-electron chi connectivity index (χ1n) is 7.68. The Hall–Kier alpha value is -2.18. The van der Waals surface area contributed by atoms with Gasteiger partial charge in [-0.3, -0.25) is 4.79 Å². The number of benzene rings is 1. The van der Waals surface area contributed by atoms with E-state index in [-0.39, 0.29) is 5.91 Å². The third-order valence-electron chi connectivity index (χ3n) is 3.42. The zero-order chi connectivity index (χ0) is 16.9. The van der Waals surface area contributed by atoms with Crippen molar-refractivity contribution >= 4 is 28.6 Å². The van der Waals surface area contributed by atoms with Gasteiger partial charge in [-0.25, -0.2) is 4.98 Å². The molecule has 2 aromatic heterocycles. The molecule has 2 heterocycles. The number of hydrogen-bond acceptors (Lipinski definition) is 5. The zero-order valence-corrected chi connectivity index (χ0v) is 15.2. The topological polar surface area (TPSA) is 51.2 Å². The van der Waals surface area contributed by atoms with E-state index in [1.54, 1.807) is 11.3 Å². The Balaban J connectivity index is 1.73. The average molecular weight is 358 g/mol. The Bertz CT molecular complexity index is 808. The van der Waals surface area contributed by atoms with Gasteiger partial charge in [-0.15, -0.1) is 22.7 Å². The number of carbonyl (C=O) groups excluding carboxylic acids is 1. The summed E-state index contributed by atoms with van der Waals surface area (Å²) in [7, 11) is 0. The number of aryl methyl sites for hydroxylation is 1. The molecule has 6 heteroatoms. The molecule has 1 N–H and O–H groups in total. The van der Waals surface area contributed by atoms with Crippen LogP contribution in [0, 0.1) is 6.92 Å². The molecule has 0 saturated carbocycles. The van der Waals surface area contributed by atoms with Crippen LogP contribution < -0.4 is 10.1 Å². The van der Waals surface area contributed by atoms with E-state index in [0.29, 0.717) is 18.0 Å². The molecule has 0 radical (unpaired) electrons. The Labute approximate surface area is 149 Å². The van der Waals surface area contributed by atoms with Gasteiger partial charge in [-0.2, -0.15) is 0 Å². The van der Waals surface area contributed by atoms with Crippen LogP contribution in [0.3, 0.4) is 0 Å². The molecule has 0 spiro atoms. The molecule has 3 rings (SSSR count). The lowest BCUT2D eigenvalue weighted by Gasteiger charge is -2.03. The predicted octanol–water partition coefficient (Wildman–Crippen LogP) is 4.51. The quantitative estimate of drug-likeness (QED) is 0.705. The number of nitrogens with zero attached hydrogens (tertiary/aromatic N) is 1. The van der Waals surface area contributed by atoms with Crippen molar-refractivity contribution in [2.45, 2.75) is 20.4 Å². The minimum absolute atomic E-state index is 0.0735. The van der Waals surface area contributed by atoms with Crippen molar-refractivity contribution in [3.8, 4) is 16.3 Å². The van der Waals surface area contributed by atoms with E-state index in [2.05, 4.69) is 10.3 Å². The summed E-state index contributed by atoms with van der Waals surface area (Å²) in [6, 6.07) is 11.8. The third-order valence-corrected chi connectivity index (χ3v) is 5.50. The highest BCUT2D eigenvalue weighted by Crippen LogP contribution is 2.29. The Morgan fingerprint density at radius 3 is 2.71 bits per heavy atom. The van der Waals surface area contributed by atoms with E-state index in [0.717, 1.165) is 26.9 Å². The summed E-state index contributed by atoms with van der Waals surface area (Å²) >= 11 is 3.05. The summed E-state index contributed by atoms with van der Waals surface area (Å²) in [6.45, 7) is 5.02. The van der Waals surface area contributed by atoms with Gasteiger partial charge in [-0.05, 0) is 49.6 Å². The Morgan fingerprint density at radius 2 is 2.04 bits per heavy atom. The van der Waals surface area contributed by atoms with Gasteiger partial charge in [0.2, 0.25) is 0 Å². The standard InChI is InChI=1S/C18H18N2O2S2/c1-3-22-14-8-6-13(7-9-14)18-20-12(2)16(24-18)17(21)19-11-15-5-4-10-23-15/h4-10H,3,11H2,1-2H3,(H,19,21). The van der Waals surface area contributed by atoms with Crippen LogP contribution in [0.25, 0.3) is 10.6 Å². The third kappa shape index (κ3) is 3.83. The number of aromatic nitrogens is 1. The van der Waals surface area contributed by atoms with E-state index in [4.69, 9.17) is 4.74 Å². The number of thiophene rings is 1. The summed E-state index contributed by atoms with van der Waals surface area (Å²) < 4.78 is 5.45. The van der Waals surface area contributed by atoms with Crippen LogP contribution in [0.15, 0.2) is 41.8 Å². The van der Waals surface area contributed by atoms with Crippen molar-refractivity contribution in [1.82, 2.24) is 10.3 Å². The highest BCUT2D eigenvalue weighted by Gasteiger charge is 2.16. The van der Waals surface area contributed by atoms with Gasteiger partial charge in [0, 0.05) is 10.4 Å². The first-order chi connectivity index (χ1) is 11.7. The maximum absolute atomic E-state index is 12.4. The molecule has 4 nitrogen and oxygen atoms in total. The van der Waals surface area contributed by atoms with Crippen LogP contribution in [0.5, 0.6) is 5.75 Å². The van der Waals surface area contributed by atoms with Crippen molar-refractivity contribution in [3.63, 3.8) is 0 Å². The molecule has 1 aromatic carbocycles. The number of carbonyl (C=O) groups is 1. The molecular weight excluding hydrogens is 340 g/mol. The lowest BCUT2D eigenvalue weighted by atomic mass is 10.2. The van der Waals surface area contributed by atoms with Gasteiger partial charge >= 0.3 is 0 Å². The van der Waals surface area contributed by atoms with Gasteiger partial charge in [0.15, 0.2) is 0 Å². The van der Waals surface area contributed by atoms with E-state index in [1.165, 1.54) is 11.3 Å². The van der Waals surface area contributed by atoms with Crippen molar-refractivity contribution in [2.75, 3.05) is 6.61 Å². The molecule has 0 atom stereocenters. The second-order valence-electron chi connectivity index (χ2n) is 5.15. The lowest BCUT2D eigenvalue weighted by molar-refractivity contribution is 0.0954. The van der Waals surface area contributed by atoms with Crippen LogP contribution in [0.2, 0.25) is 0 Å². The largest absolute Gasteiger partial charge is 0.494 e. The van der Waals surface area contributed by atoms with Crippen molar-refractivity contribution in [1.29, 1.82) is 0 Å². The highest BCUT2D eigenvalue weighted by atomic mass is 32.1. The molecule has 1 amide bonds. The summed E-state index contributed by atoms with van der Waals surface area (Å²) in [5.74, 6) is 0.763. The van der Waals surface area contributed by atoms with Crippen molar-refractivity contribution < 1.29 is 9.53 Å². The molecular formula is C18H18N2O2S2. The number of hydrogen-bond donors (Lipinski definition) is 1. The van der Waals surface area contributed by atoms with Crippen LogP contribution in [0.1, 0.15) is 27.2 Å². The van der Waals surface area contributed by atoms with Crippen LogP contribution in [0.4, 0.5) is 0 Å².